The topological polar surface area (TPSA) is 64.7 Å². The predicted octanol–water partition coefficient (Wildman–Crippen LogP) is 4.28. The summed E-state index contributed by atoms with van der Waals surface area (Å²) in [5.74, 6) is 0.0865. The minimum Gasteiger partial charge on any atom is -0.342 e. The largest absolute Gasteiger partial charge is 0.342 e. The number of piperidine rings is 2. The van der Waals surface area contributed by atoms with Crippen LogP contribution in [0, 0.1) is 23.5 Å². The fourth-order valence-electron chi connectivity index (χ4n) is 5.33. The molecule has 3 amide bonds. The summed E-state index contributed by atoms with van der Waals surface area (Å²) in [6.45, 7) is 5.54. The maximum atomic E-state index is 13.3. The van der Waals surface area contributed by atoms with Gasteiger partial charge in [-0.1, -0.05) is 12.1 Å². The van der Waals surface area contributed by atoms with Gasteiger partial charge in [-0.2, -0.15) is 0 Å². The summed E-state index contributed by atoms with van der Waals surface area (Å²) >= 11 is 0. The Hall–Kier alpha value is -3.00. The van der Waals surface area contributed by atoms with Crippen LogP contribution >= 0.6 is 0 Å². The molecule has 2 aromatic carbocycles. The molecule has 0 spiro atoms. The van der Waals surface area contributed by atoms with E-state index < -0.39 is 0 Å². The first kappa shape index (κ1) is 25.1. The van der Waals surface area contributed by atoms with Gasteiger partial charge < -0.3 is 20.4 Å². The highest BCUT2D eigenvalue weighted by Crippen LogP contribution is 2.25. The molecule has 2 saturated heterocycles. The van der Waals surface area contributed by atoms with Crippen LogP contribution in [0.4, 0.5) is 19.3 Å². The van der Waals surface area contributed by atoms with Crippen molar-refractivity contribution in [2.45, 2.75) is 38.6 Å². The van der Waals surface area contributed by atoms with Crippen molar-refractivity contribution in [3.05, 3.63) is 65.7 Å². The molecule has 0 saturated carbocycles. The van der Waals surface area contributed by atoms with E-state index in [4.69, 9.17) is 0 Å². The third-order valence-corrected chi connectivity index (χ3v) is 7.13. The molecule has 2 fully saturated rings. The third kappa shape index (κ3) is 7.24. The molecule has 0 radical (unpaired) electrons. The summed E-state index contributed by atoms with van der Waals surface area (Å²) in [7, 11) is 0. The lowest BCUT2D eigenvalue weighted by molar-refractivity contribution is -0.131. The van der Waals surface area contributed by atoms with Gasteiger partial charge in [-0.25, -0.2) is 13.6 Å². The van der Waals surface area contributed by atoms with Gasteiger partial charge in [0.05, 0.1) is 0 Å². The van der Waals surface area contributed by atoms with Gasteiger partial charge in [0.2, 0.25) is 5.91 Å². The number of nitrogens with one attached hydrogen (secondary N) is 2. The van der Waals surface area contributed by atoms with Gasteiger partial charge in [0.25, 0.3) is 0 Å². The summed E-state index contributed by atoms with van der Waals surface area (Å²) < 4.78 is 26.4. The first-order chi connectivity index (χ1) is 16.9. The Morgan fingerprint density at radius 1 is 0.943 bits per heavy atom. The van der Waals surface area contributed by atoms with E-state index >= 15 is 0 Å². The Balaban J connectivity index is 1.36. The third-order valence-electron chi connectivity index (χ3n) is 7.13. The van der Waals surface area contributed by atoms with Crippen LogP contribution in [-0.2, 0) is 11.2 Å². The molecular formula is C27H34F2N4O2. The highest BCUT2D eigenvalue weighted by molar-refractivity contribution is 5.89. The lowest BCUT2D eigenvalue weighted by Gasteiger charge is -2.42. The number of rotatable bonds is 6. The van der Waals surface area contributed by atoms with Gasteiger partial charge in [-0.3, -0.25) is 4.79 Å². The van der Waals surface area contributed by atoms with E-state index in [0.29, 0.717) is 31.1 Å². The second-order valence-corrected chi connectivity index (χ2v) is 9.82. The van der Waals surface area contributed by atoms with Crippen LogP contribution in [0.3, 0.4) is 0 Å². The fourth-order valence-corrected chi connectivity index (χ4v) is 5.33. The van der Waals surface area contributed by atoms with Crippen molar-refractivity contribution >= 4 is 17.6 Å². The van der Waals surface area contributed by atoms with Crippen molar-refractivity contribution in [1.82, 2.24) is 15.1 Å². The Morgan fingerprint density at radius 3 is 2.31 bits per heavy atom. The normalized spacial score (nSPS) is 23.1. The maximum absolute atomic E-state index is 13.3. The van der Waals surface area contributed by atoms with Crippen molar-refractivity contribution < 1.29 is 18.4 Å². The van der Waals surface area contributed by atoms with Crippen LogP contribution in [-0.4, -0.2) is 60.5 Å². The minimum atomic E-state index is -0.355. The Bertz CT molecular complexity index is 999. The Labute approximate surface area is 205 Å². The number of nitrogens with zero attached hydrogens (tertiary/aromatic N) is 2. The lowest BCUT2D eigenvalue weighted by atomic mass is 9.88. The summed E-state index contributed by atoms with van der Waals surface area (Å²) in [6, 6.07) is 12.0. The van der Waals surface area contributed by atoms with Crippen molar-refractivity contribution in [2.24, 2.45) is 11.8 Å². The van der Waals surface area contributed by atoms with Gasteiger partial charge in [0.15, 0.2) is 0 Å². The van der Waals surface area contributed by atoms with Crippen molar-refractivity contribution in [1.29, 1.82) is 0 Å². The summed E-state index contributed by atoms with van der Waals surface area (Å²) in [5, 5.41) is 5.87. The number of carbonyl (C=O) groups is 2. The fraction of sp³-hybridized carbons (Fsp3) is 0.481. The number of urea groups is 1. The summed E-state index contributed by atoms with van der Waals surface area (Å²) in [4.78, 5) is 29.0. The van der Waals surface area contributed by atoms with Crippen molar-refractivity contribution in [3.63, 3.8) is 0 Å². The average Bonchev–Trinajstić information content (AvgIpc) is 2.83. The first-order valence-electron chi connectivity index (χ1n) is 12.4. The van der Waals surface area contributed by atoms with E-state index in [1.165, 1.54) is 36.4 Å². The van der Waals surface area contributed by atoms with Crippen LogP contribution in [0.25, 0.3) is 0 Å². The van der Waals surface area contributed by atoms with Crippen LogP contribution < -0.4 is 10.6 Å². The standard InChI is InChI=1S/C27H34F2N4O2/c1-19(34)33-14-12-26(31-27(35)30-25-10-8-24(29)9-11-25)22(18-33)17-32-13-2-3-21(16-32)15-20-4-6-23(28)7-5-20/h4-11,21-22,26H,2-3,12-18H2,1H3,(H2,30,31,35)/t21-,22+,26+/m0/s1. The van der Waals surface area contributed by atoms with E-state index in [-0.39, 0.29) is 35.5 Å². The summed E-state index contributed by atoms with van der Waals surface area (Å²) in [6.07, 6.45) is 3.84. The molecule has 0 aromatic heterocycles. The maximum Gasteiger partial charge on any atom is 0.319 e. The van der Waals surface area contributed by atoms with Gasteiger partial charge in [0.1, 0.15) is 11.6 Å². The number of hydrogen-bond donors (Lipinski definition) is 2. The molecule has 188 valence electrons. The van der Waals surface area contributed by atoms with E-state index in [9.17, 15) is 18.4 Å². The van der Waals surface area contributed by atoms with E-state index in [2.05, 4.69) is 15.5 Å². The zero-order valence-electron chi connectivity index (χ0n) is 20.2. The Morgan fingerprint density at radius 2 is 1.63 bits per heavy atom. The SMILES string of the molecule is CC(=O)N1CC[C@@H](NC(=O)Nc2ccc(F)cc2)[C@H](CN2CCC[C@@H](Cc3ccc(F)cc3)C2)C1. The number of benzene rings is 2. The highest BCUT2D eigenvalue weighted by Gasteiger charge is 2.34. The molecule has 35 heavy (non-hydrogen) atoms. The first-order valence-corrected chi connectivity index (χ1v) is 12.4. The number of amides is 3. The van der Waals surface area contributed by atoms with Gasteiger partial charge in [-0.05, 0) is 80.1 Å². The van der Waals surface area contributed by atoms with Crippen LogP contribution in [0.15, 0.2) is 48.5 Å². The predicted molar refractivity (Wildman–Crippen MR) is 132 cm³/mol. The molecule has 6 nitrogen and oxygen atoms in total. The number of likely N-dealkylation sites (tertiary alicyclic amines) is 2. The number of halogens is 2. The average molecular weight is 485 g/mol. The van der Waals surface area contributed by atoms with E-state index in [1.807, 2.05) is 17.0 Å². The lowest BCUT2D eigenvalue weighted by Crippen LogP contribution is -2.56. The molecule has 0 unspecified atom stereocenters. The van der Waals surface area contributed by atoms with Crippen LogP contribution in [0.2, 0.25) is 0 Å². The summed E-state index contributed by atoms with van der Waals surface area (Å²) in [5.41, 5.74) is 1.68. The smallest absolute Gasteiger partial charge is 0.319 e. The molecule has 2 heterocycles. The second-order valence-electron chi connectivity index (χ2n) is 9.82. The molecule has 0 aliphatic carbocycles. The molecular weight excluding hydrogens is 450 g/mol. The van der Waals surface area contributed by atoms with E-state index in [0.717, 1.165) is 44.5 Å². The Kier molecular flexibility index (Phi) is 8.33. The molecule has 2 aliphatic rings. The minimum absolute atomic E-state index is 0.0528. The molecule has 2 aromatic rings. The number of hydrogen-bond acceptors (Lipinski definition) is 3. The number of anilines is 1. The monoisotopic (exact) mass is 484 g/mol. The molecule has 0 bridgehead atoms. The van der Waals surface area contributed by atoms with Crippen LogP contribution in [0.5, 0.6) is 0 Å². The van der Waals surface area contributed by atoms with Crippen LogP contribution in [0.1, 0.15) is 31.7 Å². The second kappa shape index (κ2) is 11.6. The van der Waals surface area contributed by atoms with Gasteiger partial charge >= 0.3 is 6.03 Å². The zero-order valence-corrected chi connectivity index (χ0v) is 20.2. The molecule has 3 atom stereocenters. The zero-order chi connectivity index (χ0) is 24.8. The van der Waals surface area contributed by atoms with Crippen molar-refractivity contribution in [2.75, 3.05) is 38.0 Å². The molecule has 2 aliphatic heterocycles. The van der Waals surface area contributed by atoms with Crippen molar-refractivity contribution in [3.8, 4) is 0 Å². The van der Waals surface area contributed by atoms with E-state index in [1.54, 1.807) is 6.92 Å². The molecule has 4 rings (SSSR count). The van der Waals surface area contributed by atoms with Gasteiger partial charge in [-0.15, -0.1) is 0 Å². The number of carbonyl (C=O) groups excluding carboxylic acids is 2. The highest BCUT2D eigenvalue weighted by atomic mass is 19.1. The quantitative estimate of drug-likeness (QED) is 0.644. The molecule has 8 heteroatoms. The van der Waals surface area contributed by atoms with Gasteiger partial charge in [0, 0.05) is 50.7 Å². The molecule has 2 N–H and O–H groups in total.